The Labute approximate surface area is 212 Å². The van der Waals surface area contributed by atoms with Crippen molar-refractivity contribution >= 4 is 34.1 Å². The monoisotopic (exact) mass is 496 g/mol. The molecule has 1 aliphatic carbocycles. The zero-order valence-electron chi connectivity index (χ0n) is 20.0. The third-order valence-corrected chi connectivity index (χ3v) is 7.57. The molecule has 7 nitrogen and oxygen atoms in total. The van der Waals surface area contributed by atoms with Crippen molar-refractivity contribution in [3.05, 3.63) is 89.2 Å². The quantitative estimate of drug-likeness (QED) is 0.287. The first-order valence-corrected chi connectivity index (χ1v) is 12.7. The highest BCUT2D eigenvalue weighted by atomic mass is 32.2. The van der Waals surface area contributed by atoms with E-state index in [-0.39, 0.29) is 11.7 Å². The first-order chi connectivity index (χ1) is 17.6. The third-order valence-electron chi connectivity index (χ3n) is 6.68. The molecule has 1 atom stereocenters. The van der Waals surface area contributed by atoms with Gasteiger partial charge in [-0.15, -0.1) is 5.10 Å². The van der Waals surface area contributed by atoms with Crippen LogP contribution in [-0.2, 0) is 12.2 Å². The van der Waals surface area contributed by atoms with Gasteiger partial charge in [0.1, 0.15) is 11.5 Å². The molecule has 6 rings (SSSR count). The summed E-state index contributed by atoms with van der Waals surface area (Å²) in [5.41, 5.74) is 3.57. The Morgan fingerprint density at radius 1 is 1.00 bits per heavy atom. The minimum absolute atomic E-state index is 0.0241. The number of Topliss-reactive ketones (excluding diaryl/α,β-unsaturated/α-hetero) is 1. The fourth-order valence-electron chi connectivity index (χ4n) is 4.86. The fourth-order valence-corrected chi connectivity index (χ4v) is 5.69. The van der Waals surface area contributed by atoms with Crippen LogP contribution in [0.3, 0.4) is 0 Å². The third kappa shape index (κ3) is 4.07. The van der Waals surface area contributed by atoms with Crippen LogP contribution in [0.1, 0.15) is 39.5 Å². The number of benzene rings is 3. The molecule has 2 heterocycles. The Kier molecular flexibility index (Phi) is 5.81. The number of ketones is 1. The molecule has 2 aromatic heterocycles. The molecule has 0 amide bonds. The average Bonchev–Trinajstić information content (AvgIpc) is 3.32. The lowest BCUT2D eigenvalue weighted by molar-refractivity contribution is 0.0962. The largest absolute Gasteiger partial charge is 0.497 e. The van der Waals surface area contributed by atoms with Crippen molar-refractivity contribution < 1.29 is 14.3 Å². The van der Waals surface area contributed by atoms with Gasteiger partial charge in [-0.05, 0) is 34.4 Å². The maximum Gasteiger partial charge on any atom is 0.253 e. The van der Waals surface area contributed by atoms with Crippen molar-refractivity contribution in [3.63, 3.8) is 0 Å². The zero-order valence-corrected chi connectivity index (χ0v) is 20.8. The number of hydrogen-bond donors (Lipinski definition) is 0. The molecule has 0 saturated carbocycles. The Hall–Kier alpha value is -3.91. The smallest absolute Gasteiger partial charge is 0.253 e. The number of thioether (sulfide) groups is 1. The second-order valence-corrected chi connectivity index (χ2v) is 9.75. The molecule has 0 spiro atoms. The average molecular weight is 497 g/mol. The van der Waals surface area contributed by atoms with Crippen molar-refractivity contribution in [2.24, 2.45) is 0 Å². The summed E-state index contributed by atoms with van der Waals surface area (Å²) in [5, 5.41) is 7.68. The topological polar surface area (TPSA) is 78.6 Å². The van der Waals surface area contributed by atoms with Gasteiger partial charge in [-0.2, -0.15) is 4.98 Å². The first kappa shape index (κ1) is 22.5. The maximum absolute atomic E-state index is 13.1. The molecule has 8 heteroatoms. The van der Waals surface area contributed by atoms with Gasteiger partial charge < -0.3 is 9.47 Å². The van der Waals surface area contributed by atoms with Gasteiger partial charge >= 0.3 is 0 Å². The highest BCUT2D eigenvalue weighted by molar-refractivity contribution is 7.98. The first-order valence-electron chi connectivity index (χ1n) is 11.7. The molecule has 0 saturated heterocycles. The Morgan fingerprint density at radius 2 is 1.86 bits per heavy atom. The van der Waals surface area contributed by atoms with Crippen LogP contribution in [0.25, 0.3) is 16.6 Å². The molecular weight excluding hydrogens is 472 g/mol. The zero-order chi connectivity index (χ0) is 24.6. The summed E-state index contributed by atoms with van der Waals surface area (Å²) in [6, 6.07) is 20.4. The van der Waals surface area contributed by atoms with E-state index in [9.17, 15) is 4.79 Å². The van der Waals surface area contributed by atoms with Gasteiger partial charge in [0, 0.05) is 30.4 Å². The summed E-state index contributed by atoms with van der Waals surface area (Å²) >= 11 is 1.57. The number of carbonyl (C=O) groups is 1. The van der Waals surface area contributed by atoms with Gasteiger partial charge in [0.25, 0.3) is 5.78 Å². The van der Waals surface area contributed by atoms with Crippen LogP contribution in [0.15, 0.2) is 72.0 Å². The van der Waals surface area contributed by atoms with Crippen LogP contribution >= 0.6 is 11.8 Å². The minimum Gasteiger partial charge on any atom is -0.497 e. The van der Waals surface area contributed by atoms with Crippen LogP contribution in [0, 0.1) is 0 Å². The number of ether oxygens (including phenoxy) is 2. The molecule has 1 aliphatic rings. The minimum atomic E-state index is -0.0241. The second kappa shape index (κ2) is 9.28. The molecule has 0 N–H and O–H groups in total. The predicted octanol–water partition coefficient (Wildman–Crippen LogP) is 5.50. The van der Waals surface area contributed by atoms with Crippen LogP contribution in [0.5, 0.6) is 11.5 Å². The SMILES string of the molecule is COc1ccc([C@H]2CC(=O)c3cn4nc(SCc5cccc6ccccc56)nc4nc3C2)c(OC)c1. The Balaban J connectivity index is 1.27. The van der Waals surface area contributed by atoms with E-state index in [0.29, 0.717) is 35.1 Å². The van der Waals surface area contributed by atoms with Gasteiger partial charge in [0.2, 0.25) is 5.16 Å². The molecular formula is C28H24N4O3S. The number of fused-ring (bicyclic) bond motifs is 3. The summed E-state index contributed by atoms with van der Waals surface area (Å²) < 4.78 is 12.5. The van der Waals surface area contributed by atoms with E-state index < -0.39 is 0 Å². The molecule has 0 unspecified atom stereocenters. The van der Waals surface area contributed by atoms with Crippen LogP contribution in [0.4, 0.5) is 0 Å². The van der Waals surface area contributed by atoms with Crippen molar-refractivity contribution in [1.82, 2.24) is 19.6 Å². The van der Waals surface area contributed by atoms with Gasteiger partial charge in [0.05, 0.1) is 25.5 Å². The van der Waals surface area contributed by atoms with E-state index >= 15 is 0 Å². The highest BCUT2D eigenvalue weighted by Gasteiger charge is 2.30. The molecule has 5 aromatic rings. The van der Waals surface area contributed by atoms with E-state index in [0.717, 1.165) is 22.8 Å². The molecule has 0 bridgehead atoms. The number of carbonyl (C=O) groups excluding carboxylic acids is 1. The van der Waals surface area contributed by atoms with Crippen LogP contribution in [0.2, 0.25) is 0 Å². The lowest BCUT2D eigenvalue weighted by Gasteiger charge is -2.24. The van der Waals surface area contributed by atoms with Gasteiger partial charge in [-0.3, -0.25) is 4.79 Å². The predicted molar refractivity (Wildman–Crippen MR) is 139 cm³/mol. The van der Waals surface area contributed by atoms with E-state index in [1.165, 1.54) is 16.3 Å². The number of nitrogens with zero attached hydrogens (tertiary/aromatic N) is 4. The van der Waals surface area contributed by atoms with E-state index in [1.54, 1.807) is 36.7 Å². The highest BCUT2D eigenvalue weighted by Crippen LogP contribution is 2.38. The lowest BCUT2D eigenvalue weighted by atomic mass is 9.82. The van der Waals surface area contributed by atoms with Crippen molar-refractivity contribution in [3.8, 4) is 11.5 Å². The fraction of sp³-hybridized carbons (Fsp3) is 0.214. The summed E-state index contributed by atoms with van der Waals surface area (Å²) in [6.45, 7) is 0. The molecule has 0 aliphatic heterocycles. The summed E-state index contributed by atoms with van der Waals surface area (Å²) in [6.07, 6.45) is 2.79. The van der Waals surface area contributed by atoms with Gasteiger partial charge in [0.15, 0.2) is 5.78 Å². The molecule has 36 heavy (non-hydrogen) atoms. The summed E-state index contributed by atoms with van der Waals surface area (Å²) in [7, 11) is 3.25. The lowest BCUT2D eigenvalue weighted by Crippen LogP contribution is -2.21. The Bertz CT molecular complexity index is 1610. The molecule has 3 aromatic carbocycles. The molecule has 0 fully saturated rings. The number of hydrogen-bond acceptors (Lipinski definition) is 7. The van der Waals surface area contributed by atoms with E-state index in [1.807, 2.05) is 24.3 Å². The van der Waals surface area contributed by atoms with Crippen molar-refractivity contribution in [2.45, 2.75) is 29.7 Å². The van der Waals surface area contributed by atoms with Gasteiger partial charge in [-0.25, -0.2) is 9.50 Å². The summed E-state index contributed by atoms with van der Waals surface area (Å²) in [4.78, 5) is 22.5. The molecule has 180 valence electrons. The number of rotatable bonds is 6. The van der Waals surface area contributed by atoms with Gasteiger partial charge in [-0.1, -0.05) is 60.3 Å². The Morgan fingerprint density at radius 3 is 2.72 bits per heavy atom. The standard InChI is InChI=1S/C28H24N4O3S/c1-34-20-10-11-22(26(14-20)35-2)19-12-24-23(25(33)13-19)15-32-27(29-24)30-28(31-32)36-16-18-8-5-7-17-6-3-4-9-21(17)18/h3-11,14-15,19H,12-13,16H2,1-2H3/t19-/m1/s1. The van der Waals surface area contributed by atoms with Crippen LogP contribution < -0.4 is 9.47 Å². The normalized spacial score (nSPS) is 15.3. The number of aromatic nitrogens is 4. The van der Waals surface area contributed by atoms with Crippen molar-refractivity contribution in [2.75, 3.05) is 14.2 Å². The number of methoxy groups -OCH3 is 2. The maximum atomic E-state index is 13.1. The molecule has 0 radical (unpaired) electrons. The van der Waals surface area contributed by atoms with Crippen molar-refractivity contribution in [1.29, 1.82) is 0 Å². The summed E-state index contributed by atoms with van der Waals surface area (Å²) in [5.74, 6) is 2.71. The van der Waals surface area contributed by atoms with E-state index in [4.69, 9.17) is 14.5 Å². The second-order valence-electron chi connectivity index (χ2n) is 8.80. The van der Waals surface area contributed by atoms with Crippen LogP contribution in [-0.4, -0.2) is 39.6 Å². The van der Waals surface area contributed by atoms with E-state index in [2.05, 4.69) is 46.5 Å².